The molecule has 1 aromatic heterocycles. The Bertz CT molecular complexity index is 1010. The minimum absolute atomic E-state index is 0.00235. The van der Waals surface area contributed by atoms with Crippen molar-refractivity contribution in [2.45, 2.75) is 6.92 Å². The average Bonchev–Trinajstić information content (AvgIpc) is 3.08. The first kappa shape index (κ1) is 18.5. The van der Waals surface area contributed by atoms with Gasteiger partial charge in [-0.2, -0.15) is 0 Å². The van der Waals surface area contributed by atoms with E-state index in [9.17, 15) is 19.7 Å². The van der Waals surface area contributed by atoms with Crippen molar-refractivity contribution in [1.82, 2.24) is 4.98 Å². The minimum atomic E-state index is -0.516. The molecule has 27 heavy (non-hydrogen) atoms. The number of nitro groups is 1. The van der Waals surface area contributed by atoms with Gasteiger partial charge in [-0.1, -0.05) is 11.3 Å². The van der Waals surface area contributed by atoms with E-state index < -0.39 is 10.9 Å². The van der Waals surface area contributed by atoms with Crippen LogP contribution in [0.15, 0.2) is 42.5 Å². The molecule has 0 fully saturated rings. The van der Waals surface area contributed by atoms with Gasteiger partial charge in [-0.15, -0.1) is 0 Å². The molecule has 1 heterocycles. The van der Waals surface area contributed by atoms with E-state index in [0.29, 0.717) is 28.4 Å². The molecule has 8 nitrogen and oxygen atoms in total. The van der Waals surface area contributed by atoms with Crippen LogP contribution in [0.2, 0.25) is 0 Å². The topological polar surface area (TPSA) is 111 Å². The molecular formula is C18H15N3O5S. The number of ether oxygens (including phenoxy) is 1. The number of benzene rings is 2. The number of aromatic nitrogens is 1. The number of rotatable bonds is 7. The van der Waals surface area contributed by atoms with Gasteiger partial charge in [0.15, 0.2) is 10.9 Å². The van der Waals surface area contributed by atoms with Crippen LogP contribution >= 0.6 is 11.3 Å². The van der Waals surface area contributed by atoms with Gasteiger partial charge in [0.1, 0.15) is 0 Å². The van der Waals surface area contributed by atoms with Gasteiger partial charge in [-0.3, -0.25) is 14.9 Å². The number of ketones is 1. The number of Topliss-reactive ketones (excluding diaryl/α,β-unsaturated/α-hetero) is 1. The number of nitro benzene ring substituents is 1. The molecule has 0 unspecified atom stereocenters. The zero-order chi connectivity index (χ0) is 19.4. The molecule has 0 atom stereocenters. The van der Waals surface area contributed by atoms with Gasteiger partial charge < -0.3 is 10.1 Å². The van der Waals surface area contributed by atoms with Crippen molar-refractivity contribution in [3.05, 3.63) is 63.7 Å². The van der Waals surface area contributed by atoms with Gasteiger partial charge >= 0.3 is 5.97 Å². The summed E-state index contributed by atoms with van der Waals surface area (Å²) < 4.78 is 5.77. The molecule has 138 valence electrons. The van der Waals surface area contributed by atoms with Gasteiger partial charge in [0.25, 0.3) is 5.69 Å². The number of nitrogens with one attached hydrogen (secondary N) is 1. The third-order valence-corrected chi connectivity index (χ3v) is 4.68. The van der Waals surface area contributed by atoms with Crippen LogP contribution in [0, 0.1) is 10.1 Å². The Morgan fingerprint density at radius 2 is 1.89 bits per heavy atom. The molecule has 0 aliphatic heterocycles. The lowest BCUT2D eigenvalue weighted by Crippen LogP contribution is -2.13. The fourth-order valence-electron chi connectivity index (χ4n) is 2.37. The van der Waals surface area contributed by atoms with E-state index in [0.717, 1.165) is 4.70 Å². The van der Waals surface area contributed by atoms with Crippen LogP contribution in [0.3, 0.4) is 0 Å². The smallest absolute Gasteiger partial charge is 0.338 e. The van der Waals surface area contributed by atoms with Crippen molar-refractivity contribution in [1.29, 1.82) is 0 Å². The van der Waals surface area contributed by atoms with E-state index in [4.69, 9.17) is 4.74 Å². The molecule has 0 aliphatic carbocycles. The second-order valence-electron chi connectivity index (χ2n) is 5.50. The first-order chi connectivity index (χ1) is 13.0. The predicted octanol–water partition coefficient (Wildman–Crippen LogP) is 3.68. The summed E-state index contributed by atoms with van der Waals surface area (Å²) in [6.45, 7) is 2.05. The summed E-state index contributed by atoms with van der Waals surface area (Å²) in [5.41, 5.74) is 1.46. The van der Waals surface area contributed by atoms with Crippen LogP contribution in [-0.4, -0.2) is 34.8 Å². The van der Waals surface area contributed by atoms with E-state index in [2.05, 4.69) is 10.3 Å². The first-order valence-corrected chi connectivity index (χ1v) is 8.89. The minimum Gasteiger partial charge on any atom is -0.462 e. The average molecular weight is 385 g/mol. The molecule has 0 bridgehead atoms. The number of nitrogens with zero attached hydrogens (tertiary/aromatic N) is 2. The molecular weight excluding hydrogens is 370 g/mol. The summed E-state index contributed by atoms with van der Waals surface area (Å²) in [4.78, 5) is 38.5. The zero-order valence-corrected chi connectivity index (χ0v) is 15.1. The van der Waals surface area contributed by atoms with Crippen LogP contribution in [0.1, 0.15) is 27.6 Å². The van der Waals surface area contributed by atoms with Gasteiger partial charge in [0.05, 0.1) is 33.9 Å². The largest absolute Gasteiger partial charge is 0.462 e. The fraction of sp³-hybridized carbons (Fsp3) is 0.167. The Labute approximate surface area is 157 Å². The maximum atomic E-state index is 12.2. The van der Waals surface area contributed by atoms with E-state index in [1.54, 1.807) is 25.1 Å². The molecule has 0 saturated carbocycles. The molecule has 1 N–H and O–H groups in total. The lowest BCUT2D eigenvalue weighted by atomic mass is 10.1. The van der Waals surface area contributed by atoms with E-state index in [1.165, 1.54) is 35.6 Å². The van der Waals surface area contributed by atoms with Crippen molar-refractivity contribution in [3.63, 3.8) is 0 Å². The lowest BCUT2D eigenvalue weighted by molar-refractivity contribution is -0.384. The maximum Gasteiger partial charge on any atom is 0.338 e. The molecule has 0 radical (unpaired) electrons. The maximum absolute atomic E-state index is 12.2. The summed E-state index contributed by atoms with van der Waals surface area (Å²) in [6, 6.07) is 10.5. The molecule has 3 rings (SSSR count). The normalized spacial score (nSPS) is 10.6. The highest BCUT2D eigenvalue weighted by atomic mass is 32.1. The lowest BCUT2D eigenvalue weighted by Gasteiger charge is -2.02. The summed E-state index contributed by atoms with van der Waals surface area (Å²) in [5, 5.41) is 14.1. The number of thiazole rings is 1. The van der Waals surface area contributed by atoms with Gasteiger partial charge in [0, 0.05) is 17.7 Å². The number of esters is 1. The molecule has 9 heteroatoms. The Morgan fingerprint density at radius 1 is 1.19 bits per heavy atom. The van der Waals surface area contributed by atoms with E-state index in [1.807, 2.05) is 0 Å². The van der Waals surface area contributed by atoms with Gasteiger partial charge in [-0.05, 0) is 37.3 Å². The Hall–Kier alpha value is -3.33. The van der Waals surface area contributed by atoms with Crippen molar-refractivity contribution >= 4 is 44.1 Å². The molecule has 2 aromatic carbocycles. The monoisotopic (exact) mass is 385 g/mol. The number of carbonyl (C=O) groups is 2. The van der Waals surface area contributed by atoms with E-state index >= 15 is 0 Å². The molecule has 0 aliphatic rings. The first-order valence-electron chi connectivity index (χ1n) is 8.07. The Balaban J connectivity index is 1.68. The highest BCUT2D eigenvalue weighted by Crippen LogP contribution is 2.27. The summed E-state index contributed by atoms with van der Waals surface area (Å²) in [7, 11) is 0. The number of carbonyl (C=O) groups excluding carboxylic acids is 2. The van der Waals surface area contributed by atoms with Crippen LogP contribution in [0.4, 0.5) is 10.8 Å². The fourth-order valence-corrected chi connectivity index (χ4v) is 3.27. The SMILES string of the molecule is CCOC(=O)c1ccc2nc(NCC(=O)c3ccc([N+](=O)[O-])cc3)sc2c1. The summed E-state index contributed by atoms with van der Waals surface area (Å²) in [6.07, 6.45) is 0. The Kier molecular flexibility index (Phi) is 5.41. The van der Waals surface area contributed by atoms with Crippen molar-refractivity contribution in [3.8, 4) is 0 Å². The van der Waals surface area contributed by atoms with Crippen LogP contribution in [0.5, 0.6) is 0 Å². The van der Waals surface area contributed by atoms with Crippen molar-refractivity contribution < 1.29 is 19.2 Å². The van der Waals surface area contributed by atoms with Gasteiger partial charge in [0.2, 0.25) is 0 Å². The number of hydrogen-bond donors (Lipinski definition) is 1. The molecule has 0 spiro atoms. The third-order valence-electron chi connectivity index (χ3n) is 3.70. The highest BCUT2D eigenvalue weighted by molar-refractivity contribution is 7.22. The van der Waals surface area contributed by atoms with E-state index in [-0.39, 0.29) is 18.0 Å². The van der Waals surface area contributed by atoms with Gasteiger partial charge in [-0.25, -0.2) is 9.78 Å². The summed E-state index contributed by atoms with van der Waals surface area (Å²) in [5.74, 6) is -0.605. The number of hydrogen-bond acceptors (Lipinski definition) is 8. The quantitative estimate of drug-likeness (QED) is 0.286. The Morgan fingerprint density at radius 3 is 2.56 bits per heavy atom. The second kappa shape index (κ2) is 7.92. The summed E-state index contributed by atoms with van der Waals surface area (Å²) >= 11 is 1.32. The molecule has 0 saturated heterocycles. The van der Waals surface area contributed by atoms with Crippen LogP contribution in [0.25, 0.3) is 10.2 Å². The zero-order valence-electron chi connectivity index (χ0n) is 14.3. The van der Waals surface area contributed by atoms with Crippen molar-refractivity contribution in [2.24, 2.45) is 0 Å². The molecule has 0 amide bonds. The number of non-ortho nitro benzene ring substituents is 1. The standard InChI is InChI=1S/C18H15N3O5S/c1-2-26-17(23)12-5-8-14-16(9-12)27-18(20-14)19-10-15(22)11-3-6-13(7-4-11)21(24)25/h3-9H,2,10H2,1H3,(H,19,20). The highest BCUT2D eigenvalue weighted by Gasteiger charge is 2.12. The second-order valence-corrected chi connectivity index (χ2v) is 6.53. The predicted molar refractivity (Wildman–Crippen MR) is 101 cm³/mol. The number of fused-ring (bicyclic) bond motifs is 1. The van der Waals surface area contributed by atoms with Crippen LogP contribution in [-0.2, 0) is 4.74 Å². The number of anilines is 1. The van der Waals surface area contributed by atoms with Crippen molar-refractivity contribution in [2.75, 3.05) is 18.5 Å². The molecule has 3 aromatic rings. The van der Waals surface area contributed by atoms with Crippen LogP contribution < -0.4 is 5.32 Å². The third kappa shape index (κ3) is 4.26.